The molecule has 0 N–H and O–H groups in total. The molecule has 0 spiro atoms. The molecule has 1 saturated carbocycles. The first-order valence-electron chi connectivity index (χ1n) is 5.09. The van der Waals surface area contributed by atoms with Crippen LogP contribution in [0.1, 0.15) is 29.6 Å². The van der Waals surface area contributed by atoms with Crippen molar-refractivity contribution in [2.24, 2.45) is 5.92 Å². The zero-order valence-corrected chi connectivity index (χ0v) is 10.1. The van der Waals surface area contributed by atoms with Gasteiger partial charge in [-0.1, -0.05) is 0 Å². The van der Waals surface area contributed by atoms with Gasteiger partial charge >= 0.3 is 0 Å². The second-order valence-corrected chi connectivity index (χ2v) is 4.82. The van der Waals surface area contributed by atoms with Crippen molar-refractivity contribution in [1.82, 2.24) is 0 Å². The van der Waals surface area contributed by atoms with E-state index in [4.69, 9.17) is 0 Å². The van der Waals surface area contributed by atoms with Gasteiger partial charge < -0.3 is 0 Å². The molecule has 1 fully saturated rings. The number of halogens is 2. The summed E-state index contributed by atoms with van der Waals surface area (Å²) in [6.45, 7) is 0. The van der Waals surface area contributed by atoms with E-state index in [9.17, 15) is 14.0 Å². The fourth-order valence-electron chi connectivity index (χ4n) is 1.95. The van der Waals surface area contributed by atoms with Gasteiger partial charge in [-0.05, 0) is 40.5 Å². The predicted octanol–water partition coefficient (Wildman–Crippen LogP) is 3.14. The predicted molar refractivity (Wildman–Crippen MR) is 60.8 cm³/mol. The van der Waals surface area contributed by atoms with Crippen LogP contribution in [-0.4, -0.2) is 11.6 Å². The maximum absolute atomic E-state index is 12.9. The molecule has 1 aromatic carbocycles. The highest BCUT2D eigenvalue weighted by molar-refractivity contribution is 9.10. The Morgan fingerprint density at radius 1 is 1.44 bits per heavy atom. The smallest absolute Gasteiger partial charge is 0.167 e. The third kappa shape index (κ3) is 2.21. The Balaban J connectivity index is 2.24. The molecule has 0 saturated heterocycles. The topological polar surface area (TPSA) is 34.1 Å². The molecule has 16 heavy (non-hydrogen) atoms. The molecule has 2 rings (SSSR count). The quantitative estimate of drug-likeness (QED) is 0.782. The van der Waals surface area contributed by atoms with Crippen molar-refractivity contribution < 1.29 is 14.0 Å². The second kappa shape index (κ2) is 4.45. The SMILES string of the molecule is O=C1CCC(C(=O)c2ccc(F)cc2Br)C1. The van der Waals surface area contributed by atoms with Gasteiger partial charge in [0.25, 0.3) is 0 Å². The molecule has 0 amide bonds. The van der Waals surface area contributed by atoms with Crippen LogP contribution in [0.25, 0.3) is 0 Å². The minimum atomic E-state index is -0.383. The van der Waals surface area contributed by atoms with E-state index in [1.807, 2.05) is 0 Å². The van der Waals surface area contributed by atoms with E-state index in [2.05, 4.69) is 15.9 Å². The van der Waals surface area contributed by atoms with Crippen LogP contribution in [0.15, 0.2) is 22.7 Å². The molecule has 2 nitrogen and oxygen atoms in total. The zero-order chi connectivity index (χ0) is 11.7. The van der Waals surface area contributed by atoms with E-state index in [0.717, 1.165) is 0 Å². The third-order valence-electron chi connectivity index (χ3n) is 2.81. The van der Waals surface area contributed by atoms with Gasteiger partial charge in [-0.2, -0.15) is 0 Å². The number of Topliss-reactive ketones (excluding diaryl/α,β-unsaturated/α-hetero) is 2. The Morgan fingerprint density at radius 2 is 2.19 bits per heavy atom. The fraction of sp³-hybridized carbons (Fsp3) is 0.333. The average molecular weight is 285 g/mol. The highest BCUT2D eigenvalue weighted by Crippen LogP contribution is 2.29. The monoisotopic (exact) mass is 284 g/mol. The largest absolute Gasteiger partial charge is 0.300 e. The molecular weight excluding hydrogens is 275 g/mol. The summed E-state index contributed by atoms with van der Waals surface area (Å²) in [4.78, 5) is 23.1. The van der Waals surface area contributed by atoms with Gasteiger partial charge in [-0.25, -0.2) is 4.39 Å². The summed E-state index contributed by atoms with van der Waals surface area (Å²) < 4.78 is 13.3. The third-order valence-corrected chi connectivity index (χ3v) is 3.47. The van der Waals surface area contributed by atoms with Crippen molar-refractivity contribution in [3.05, 3.63) is 34.1 Å². The summed E-state index contributed by atoms with van der Waals surface area (Å²) in [7, 11) is 0. The van der Waals surface area contributed by atoms with Crippen molar-refractivity contribution in [3.63, 3.8) is 0 Å². The van der Waals surface area contributed by atoms with E-state index in [1.165, 1.54) is 18.2 Å². The number of ketones is 2. The van der Waals surface area contributed by atoms with Crippen molar-refractivity contribution in [1.29, 1.82) is 0 Å². The minimum absolute atomic E-state index is 0.0716. The van der Waals surface area contributed by atoms with Crippen LogP contribution < -0.4 is 0 Å². The molecule has 0 heterocycles. The molecule has 0 bridgehead atoms. The lowest BCUT2D eigenvalue weighted by Gasteiger charge is -2.08. The molecule has 1 aromatic rings. The standard InChI is InChI=1S/C12H10BrFO2/c13-11-6-8(14)2-4-10(11)12(16)7-1-3-9(15)5-7/h2,4,6-7H,1,3,5H2. The van der Waals surface area contributed by atoms with Gasteiger partial charge in [0.2, 0.25) is 0 Å². The van der Waals surface area contributed by atoms with E-state index >= 15 is 0 Å². The van der Waals surface area contributed by atoms with Gasteiger partial charge in [-0.15, -0.1) is 0 Å². The van der Waals surface area contributed by atoms with Crippen LogP contribution >= 0.6 is 15.9 Å². The van der Waals surface area contributed by atoms with E-state index in [-0.39, 0.29) is 23.3 Å². The Hall–Kier alpha value is -1.03. The van der Waals surface area contributed by atoms with Crippen LogP contribution in [0, 0.1) is 11.7 Å². The summed E-state index contributed by atoms with van der Waals surface area (Å²) in [5.41, 5.74) is 0.459. The van der Waals surface area contributed by atoms with Crippen LogP contribution in [0.4, 0.5) is 4.39 Å². The molecule has 0 aromatic heterocycles. The summed E-state index contributed by atoms with van der Waals surface area (Å²) in [6.07, 6.45) is 1.42. The highest BCUT2D eigenvalue weighted by atomic mass is 79.9. The van der Waals surface area contributed by atoms with E-state index in [0.29, 0.717) is 29.3 Å². The van der Waals surface area contributed by atoms with Crippen LogP contribution in [0.3, 0.4) is 0 Å². The van der Waals surface area contributed by atoms with Crippen molar-refractivity contribution in [2.45, 2.75) is 19.3 Å². The average Bonchev–Trinajstić information content (AvgIpc) is 2.64. The molecule has 1 atom stereocenters. The van der Waals surface area contributed by atoms with E-state index in [1.54, 1.807) is 0 Å². The highest BCUT2D eigenvalue weighted by Gasteiger charge is 2.29. The van der Waals surface area contributed by atoms with Gasteiger partial charge in [0.15, 0.2) is 5.78 Å². The lowest BCUT2D eigenvalue weighted by atomic mass is 9.96. The maximum atomic E-state index is 12.9. The van der Waals surface area contributed by atoms with Gasteiger partial charge in [-0.3, -0.25) is 9.59 Å². The fourth-order valence-corrected chi connectivity index (χ4v) is 2.49. The number of carbonyl (C=O) groups excluding carboxylic acids is 2. The van der Waals surface area contributed by atoms with Gasteiger partial charge in [0.1, 0.15) is 11.6 Å². The zero-order valence-electron chi connectivity index (χ0n) is 8.50. The Kier molecular flexibility index (Phi) is 3.19. The number of carbonyl (C=O) groups is 2. The molecule has 4 heteroatoms. The van der Waals surface area contributed by atoms with Crippen LogP contribution in [-0.2, 0) is 4.79 Å². The first-order chi connectivity index (χ1) is 7.58. The number of hydrogen-bond donors (Lipinski definition) is 0. The summed E-state index contributed by atoms with van der Waals surface area (Å²) in [5, 5.41) is 0. The molecular formula is C12H10BrFO2. The molecule has 1 aliphatic carbocycles. The molecule has 0 radical (unpaired) electrons. The molecule has 0 aliphatic heterocycles. The van der Waals surface area contributed by atoms with Crippen molar-refractivity contribution in [3.8, 4) is 0 Å². The normalized spacial score (nSPS) is 20.1. The number of benzene rings is 1. The lowest BCUT2D eigenvalue weighted by molar-refractivity contribution is -0.117. The summed E-state index contributed by atoms with van der Waals surface area (Å²) in [6, 6.07) is 3.99. The van der Waals surface area contributed by atoms with Gasteiger partial charge in [0, 0.05) is 28.8 Å². The summed E-state index contributed by atoms with van der Waals surface area (Å²) in [5.74, 6) is -0.547. The van der Waals surface area contributed by atoms with E-state index < -0.39 is 0 Å². The van der Waals surface area contributed by atoms with Gasteiger partial charge in [0.05, 0.1) is 0 Å². The Morgan fingerprint density at radius 3 is 2.75 bits per heavy atom. The molecule has 1 aliphatic rings. The van der Waals surface area contributed by atoms with Crippen LogP contribution in [0.5, 0.6) is 0 Å². The first kappa shape index (κ1) is 11.5. The molecule has 1 unspecified atom stereocenters. The van der Waals surface area contributed by atoms with Crippen molar-refractivity contribution >= 4 is 27.5 Å². The Bertz CT molecular complexity index is 456. The second-order valence-electron chi connectivity index (χ2n) is 3.97. The minimum Gasteiger partial charge on any atom is -0.300 e. The van der Waals surface area contributed by atoms with Crippen LogP contribution in [0.2, 0.25) is 0 Å². The number of hydrogen-bond acceptors (Lipinski definition) is 2. The lowest BCUT2D eigenvalue weighted by Crippen LogP contribution is -2.12. The maximum Gasteiger partial charge on any atom is 0.167 e. The Labute approximate surface area is 101 Å². The van der Waals surface area contributed by atoms with Crippen molar-refractivity contribution in [2.75, 3.05) is 0 Å². The first-order valence-corrected chi connectivity index (χ1v) is 5.88. The molecule has 84 valence electrons. The summed E-state index contributed by atoms with van der Waals surface area (Å²) >= 11 is 3.16. The number of rotatable bonds is 2.